The van der Waals surface area contributed by atoms with Gasteiger partial charge >= 0.3 is 0 Å². The van der Waals surface area contributed by atoms with Gasteiger partial charge in [0.1, 0.15) is 11.5 Å². The maximum absolute atomic E-state index is 13.1. The van der Waals surface area contributed by atoms with Crippen molar-refractivity contribution in [2.24, 2.45) is 5.73 Å². The molecule has 1 amide bonds. The fourth-order valence-corrected chi connectivity index (χ4v) is 4.86. The van der Waals surface area contributed by atoms with Crippen LogP contribution >= 0.6 is 0 Å². The minimum atomic E-state index is -0.0590. The second-order valence-electron chi connectivity index (χ2n) is 8.97. The average Bonchev–Trinajstić information content (AvgIpc) is 3.51. The van der Waals surface area contributed by atoms with E-state index in [4.69, 9.17) is 10.7 Å². The second kappa shape index (κ2) is 8.90. The predicted molar refractivity (Wildman–Crippen MR) is 127 cm³/mol. The summed E-state index contributed by atoms with van der Waals surface area (Å²) < 4.78 is 1.87. The maximum atomic E-state index is 13.1. The molecular weight excluding hydrogens is 418 g/mol. The molecule has 3 N–H and O–H groups in total. The molecule has 5 rings (SSSR count). The van der Waals surface area contributed by atoms with Gasteiger partial charge in [0.05, 0.1) is 5.56 Å². The van der Waals surface area contributed by atoms with Crippen LogP contribution in [0.4, 0.5) is 11.8 Å². The molecular formula is C24H29N7O2. The van der Waals surface area contributed by atoms with Gasteiger partial charge < -0.3 is 16.0 Å². The van der Waals surface area contributed by atoms with Crippen molar-refractivity contribution >= 4 is 28.7 Å². The van der Waals surface area contributed by atoms with Gasteiger partial charge in [0.25, 0.3) is 11.5 Å². The number of hydrogen-bond donors (Lipinski definition) is 2. The molecule has 2 fully saturated rings. The van der Waals surface area contributed by atoms with E-state index in [1.54, 1.807) is 29.4 Å². The second-order valence-corrected chi connectivity index (χ2v) is 8.97. The van der Waals surface area contributed by atoms with Crippen molar-refractivity contribution in [3.63, 3.8) is 0 Å². The third-order valence-corrected chi connectivity index (χ3v) is 6.68. The zero-order valence-electron chi connectivity index (χ0n) is 18.8. The van der Waals surface area contributed by atoms with Gasteiger partial charge in [-0.2, -0.15) is 4.98 Å². The minimum Gasteiger partial charge on any atom is -0.337 e. The van der Waals surface area contributed by atoms with Gasteiger partial charge in [0, 0.05) is 48.5 Å². The van der Waals surface area contributed by atoms with E-state index in [1.165, 1.54) is 0 Å². The van der Waals surface area contributed by atoms with Crippen molar-refractivity contribution in [2.75, 3.05) is 18.4 Å². The number of likely N-dealkylation sites (tertiary alicyclic amines) is 1. The fraction of sp³-hybridized carbons (Fsp3) is 0.458. The highest BCUT2D eigenvalue weighted by Gasteiger charge is 2.25. The molecule has 1 aliphatic carbocycles. The van der Waals surface area contributed by atoms with Crippen molar-refractivity contribution in [1.82, 2.24) is 24.4 Å². The highest BCUT2D eigenvalue weighted by Crippen LogP contribution is 2.31. The first-order chi connectivity index (χ1) is 16.0. The number of rotatable bonds is 5. The Morgan fingerprint density at radius 2 is 2.00 bits per heavy atom. The van der Waals surface area contributed by atoms with Crippen molar-refractivity contribution < 1.29 is 4.79 Å². The van der Waals surface area contributed by atoms with E-state index in [2.05, 4.69) is 15.3 Å². The molecule has 33 heavy (non-hydrogen) atoms. The SMILES string of the molecule is CCc1cc2cnc(Nc3ccc(C(=O)N4CCC(N)C4)cn3)nc2n(C2CCCC2)c1=O. The Bertz CT molecular complexity index is 1230. The van der Waals surface area contributed by atoms with E-state index in [9.17, 15) is 9.59 Å². The summed E-state index contributed by atoms with van der Waals surface area (Å²) in [5, 5.41) is 3.97. The van der Waals surface area contributed by atoms with Crippen molar-refractivity contribution in [3.05, 3.63) is 52.1 Å². The van der Waals surface area contributed by atoms with Crippen molar-refractivity contribution in [2.45, 2.75) is 57.5 Å². The summed E-state index contributed by atoms with van der Waals surface area (Å²) in [5.74, 6) is 0.843. The molecule has 9 nitrogen and oxygen atoms in total. The first-order valence-electron chi connectivity index (χ1n) is 11.7. The number of anilines is 2. The molecule has 1 aliphatic heterocycles. The van der Waals surface area contributed by atoms with Gasteiger partial charge in [-0.1, -0.05) is 19.8 Å². The largest absolute Gasteiger partial charge is 0.337 e. The number of amides is 1. The Morgan fingerprint density at radius 1 is 1.18 bits per heavy atom. The highest BCUT2D eigenvalue weighted by atomic mass is 16.2. The van der Waals surface area contributed by atoms with Crippen LogP contribution in [0.5, 0.6) is 0 Å². The first-order valence-corrected chi connectivity index (χ1v) is 11.7. The normalized spacial score (nSPS) is 18.8. The number of hydrogen-bond acceptors (Lipinski definition) is 7. The number of aryl methyl sites for hydroxylation is 1. The summed E-state index contributed by atoms with van der Waals surface area (Å²) in [7, 11) is 0. The third kappa shape index (κ3) is 4.20. The molecule has 0 aromatic carbocycles. The molecule has 0 spiro atoms. The molecule has 4 heterocycles. The van der Waals surface area contributed by atoms with E-state index >= 15 is 0 Å². The van der Waals surface area contributed by atoms with E-state index in [0.29, 0.717) is 42.5 Å². The topological polar surface area (TPSA) is 119 Å². The predicted octanol–water partition coefficient (Wildman–Crippen LogP) is 2.78. The summed E-state index contributed by atoms with van der Waals surface area (Å²) in [4.78, 5) is 41.0. The average molecular weight is 448 g/mol. The monoisotopic (exact) mass is 447 g/mol. The number of pyridine rings is 2. The zero-order chi connectivity index (χ0) is 22.9. The van der Waals surface area contributed by atoms with Crippen LogP contribution < -0.4 is 16.6 Å². The Morgan fingerprint density at radius 3 is 2.67 bits per heavy atom. The van der Waals surface area contributed by atoms with Gasteiger partial charge in [-0.3, -0.25) is 14.2 Å². The summed E-state index contributed by atoms with van der Waals surface area (Å²) in [6.07, 6.45) is 9.05. The molecule has 1 atom stereocenters. The van der Waals surface area contributed by atoms with E-state index in [0.717, 1.165) is 43.1 Å². The quantitative estimate of drug-likeness (QED) is 0.617. The Kier molecular flexibility index (Phi) is 5.80. The molecule has 172 valence electrons. The Hall–Kier alpha value is -3.33. The lowest BCUT2D eigenvalue weighted by atomic mass is 10.1. The molecule has 3 aromatic rings. The fourth-order valence-electron chi connectivity index (χ4n) is 4.86. The molecule has 0 radical (unpaired) electrons. The number of fused-ring (bicyclic) bond motifs is 1. The number of nitrogens with two attached hydrogens (primary N) is 1. The molecule has 1 saturated heterocycles. The van der Waals surface area contributed by atoms with E-state index in [-0.39, 0.29) is 23.6 Å². The summed E-state index contributed by atoms with van der Waals surface area (Å²) in [6, 6.07) is 5.60. The van der Waals surface area contributed by atoms with Crippen LogP contribution in [0.15, 0.2) is 35.4 Å². The van der Waals surface area contributed by atoms with Crippen molar-refractivity contribution in [1.29, 1.82) is 0 Å². The van der Waals surface area contributed by atoms with Crippen LogP contribution in [0.1, 0.15) is 61.0 Å². The molecule has 3 aromatic heterocycles. The van der Waals surface area contributed by atoms with Gasteiger partial charge in [-0.25, -0.2) is 9.97 Å². The van der Waals surface area contributed by atoms with Gasteiger partial charge in [-0.05, 0) is 43.9 Å². The lowest BCUT2D eigenvalue weighted by Crippen LogP contribution is -2.31. The maximum Gasteiger partial charge on any atom is 0.255 e. The number of nitrogens with one attached hydrogen (secondary N) is 1. The Labute approximate surface area is 192 Å². The van der Waals surface area contributed by atoms with Crippen LogP contribution in [-0.2, 0) is 6.42 Å². The number of nitrogens with zero attached hydrogens (tertiary/aromatic N) is 5. The van der Waals surface area contributed by atoms with E-state index < -0.39 is 0 Å². The van der Waals surface area contributed by atoms with Crippen LogP contribution in [-0.4, -0.2) is 49.5 Å². The number of carbonyl (C=O) groups is 1. The van der Waals surface area contributed by atoms with E-state index in [1.807, 2.05) is 17.6 Å². The molecule has 1 saturated carbocycles. The van der Waals surface area contributed by atoms with Gasteiger partial charge in [-0.15, -0.1) is 0 Å². The van der Waals surface area contributed by atoms with Crippen LogP contribution in [0, 0.1) is 0 Å². The highest BCUT2D eigenvalue weighted by molar-refractivity contribution is 5.94. The van der Waals surface area contributed by atoms with Crippen molar-refractivity contribution in [3.8, 4) is 0 Å². The minimum absolute atomic E-state index is 0.0444. The van der Waals surface area contributed by atoms with Crippen LogP contribution in [0.3, 0.4) is 0 Å². The third-order valence-electron chi connectivity index (χ3n) is 6.68. The summed E-state index contributed by atoms with van der Waals surface area (Å²) in [5.41, 5.74) is 7.92. The zero-order valence-corrected chi connectivity index (χ0v) is 18.8. The first kappa shape index (κ1) is 21.5. The Balaban J connectivity index is 1.42. The van der Waals surface area contributed by atoms with Gasteiger partial charge in [0.2, 0.25) is 5.95 Å². The molecule has 0 bridgehead atoms. The summed E-state index contributed by atoms with van der Waals surface area (Å²) >= 11 is 0. The van der Waals surface area contributed by atoms with Crippen LogP contribution in [0.25, 0.3) is 11.0 Å². The number of carbonyl (C=O) groups excluding carboxylic acids is 1. The smallest absolute Gasteiger partial charge is 0.255 e. The molecule has 2 aliphatic rings. The summed E-state index contributed by atoms with van der Waals surface area (Å²) in [6.45, 7) is 3.25. The number of aromatic nitrogens is 4. The lowest BCUT2D eigenvalue weighted by molar-refractivity contribution is 0.0790. The molecule has 1 unspecified atom stereocenters. The van der Waals surface area contributed by atoms with Gasteiger partial charge in [0.15, 0.2) is 0 Å². The van der Waals surface area contributed by atoms with Crippen LogP contribution in [0.2, 0.25) is 0 Å². The lowest BCUT2D eigenvalue weighted by Gasteiger charge is -2.18. The standard InChI is InChI=1S/C24H29N7O2/c1-2-15-11-17-13-27-24(29-21(17)31(23(15)33)19-5-3-4-6-19)28-20-8-7-16(12-26-20)22(32)30-10-9-18(25)14-30/h7-8,11-13,18-19H,2-6,9-10,14,25H2,1H3,(H,26,27,28,29). The molecule has 9 heteroatoms.